The van der Waals surface area contributed by atoms with E-state index < -0.39 is 20.5 Å². The summed E-state index contributed by atoms with van der Waals surface area (Å²) in [5, 5.41) is 7.94. The van der Waals surface area contributed by atoms with E-state index in [4.69, 9.17) is 46.7 Å². The minimum absolute atomic E-state index is 0.100. The van der Waals surface area contributed by atoms with Crippen LogP contribution in [-0.4, -0.2) is 22.9 Å². The standard InChI is InChI=1S/C16H16N4O3.2ClHO4/c1-2-22-15(21)10-20-9-13(18-19-20)11-23-14-7-3-5-12-6-4-8-17-16(12)14;2*2-1(3,4)5/h3-9H,2,10-11H2,1H3;2*(H,2,3,4,5). The normalized spacial score (nSPS) is 11.1. The van der Waals surface area contributed by atoms with Gasteiger partial charge in [-0.25, -0.2) is 47.1 Å². The first-order valence-corrected chi connectivity index (χ1v) is 11.1. The first-order chi connectivity index (χ1) is 15.3. The van der Waals surface area contributed by atoms with Gasteiger partial charge in [0.25, 0.3) is 11.2 Å². The molecular weight excluding hydrogens is 495 g/mol. The van der Waals surface area contributed by atoms with Gasteiger partial charge in [-0.1, -0.05) is 11.3 Å². The summed E-state index contributed by atoms with van der Waals surface area (Å²) in [6.45, 7) is 2.54. The molecule has 182 valence electrons. The Morgan fingerprint density at radius 1 is 1.06 bits per heavy atom. The molecule has 3 aromatic rings. The molecule has 0 saturated carbocycles. The minimum Gasteiger partial charge on any atom is -0.478 e. The van der Waals surface area contributed by atoms with Crippen molar-refractivity contribution in [1.82, 2.24) is 10.3 Å². The van der Waals surface area contributed by atoms with E-state index in [1.807, 2.05) is 36.5 Å². The number of esters is 1. The number of aromatic amines is 2. The summed E-state index contributed by atoms with van der Waals surface area (Å²) < 4.78 is 80.2. The summed E-state index contributed by atoms with van der Waals surface area (Å²) in [4.78, 5) is 14.6. The third-order valence-electron chi connectivity index (χ3n) is 3.27. The molecule has 0 saturated heterocycles. The highest BCUT2D eigenvalue weighted by atomic mass is 35.7. The molecule has 1 aromatic carbocycles. The molecule has 0 aliphatic carbocycles. The van der Waals surface area contributed by atoms with E-state index >= 15 is 0 Å². The van der Waals surface area contributed by atoms with E-state index in [0.717, 1.165) is 16.7 Å². The lowest BCUT2D eigenvalue weighted by Gasteiger charge is -2.17. The molecule has 0 aliphatic heterocycles. The van der Waals surface area contributed by atoms with E-state index in [1.165, 1.54) is 0 Å². The molecule has 0 spiro atoms. The third-order valence-corrected chi connectivity index (χ3v) is 3.27. The van der Waals surface area contributed by atoms with Crippen molar-refractivity contribution in [2.75, 3.05) is 6.61 Å². The maximum Gasteiger partial charge on any atom is 0.350 e. The zero-order valence-electron chi connectivity index (χ0n) is 16.8. The monoisotopic (exact) mass is 512 g/mol. The molecule has 2 heterocycles. The number of aromatic nitrogens is 4. The van der Waals surface area contributed by atoms with Crippen molar-refractivity contribution in [3.05, 3.63) is 48.4 Å². The molecule has 0 amide bonds. The van der Waals surface area contributed by atoms with Gasteiger partial charge >= 0.3 is 5.97 Å². The lowest BCUT2D eigenvalue weighted by Crippen LogP contribution is -2.68. The fraction of sp³-hybridized carbons (Fsp3) is 0.250. The molecule has 33 heavy (non-hydrogen) atoms. The van der Waals surface area contributed by atoms with Crippen LogP contribution in [0.25, 0.3) is 10.9 Å². The molecule has 0 atom stereocenters. The van der Waals surface area contributed by atoms with Crippen molar-refractivity contribution < 1.29 is 81.7 Å². The number of H-pyrrole nitrogens is 2. The van der Waals surface area contributed by atoms with Crippen molar-refractivity contribution >= 4 is 16.9 Å². The number of nitrogens with one attached hydrogen (secondary N) is 2. The number of rotatable bonds is 6. The number of fused-ring (bicyclic) bond motifs is 1. The quantitative estimate of drug-likeness (QED) is 0.238. The Bertz CT molecular complexity index is 979. The Labute approximate surface area is 190 Å². The van der Waals surface area contributed by atoms with Gasteiger partial charge in [0.05, 0.1) is 12.0 Å². The lowest BCUT2D eigenvalue weighted by atomic mass is 10.2. The van der Waals surface area contributed by atoms with Crippen LogP contribution >= 0.6 is 0 Å². The zero-order chi connectivity index (χ0) is 25.1. The van der Waals surface area contributed by atoms with Gasteiger partial charge in [0.2, 0.25) is 6.54 Å². The second-order valence-corrected chi connectivity index (χ2v) is 7.21. The maximum atomic E-state index is 11.4. The second-order valence-electron chi connectivity index (χ2n) is 5.70. The first kappa shape index (κ1) is 28.3. The molecule has 0 radical (unpaired) electrons. The van der Waals surface area contributed by atoms with E-state index in [2.05, 4.69) is 15.3 Å². The average Bonchev–Trinajstić information content (AvgIpc) is 3.11. The van der Waals surface area contributed by atoms with Crippen LogP contribution in [0.15, 0.2) is 42.7 Å². The Kier molecular flexibility index (Phi) is 11.3. The van der Waals surface area contributed by atoms with E-state index in [9.17, 15) is 4.79 Å². The van der Waals surface area contributed by atoms with Gasteiger partial charge in [0.15, 0.2) is 24.8 Å². The summed E-state index contributed by atoms with van der Waals surface area (Å²) in [6, 6.07) is 9.81. The van der Waals surface area contributed by atoms with Gasteiger partial charge < -0.3 is 9.47 Å². The number of pyridine rings is 1. The molecule has 0 fully saturated rings. The number of carbonyl (C=O) groups excluding carboxylic acids is 1. The highest BCUT2D eigenvalue weighted by Gasteiger charge is 2.15. The molecular formula is C16H18Cl2N4O11. The molecule has 3 rings (SSSR count). The molecule has 2 aromatic heterocycles. The van der Waals surface area contributed by atoms with Crippen LogP contribution in [0.5, 0.6) is 5.75 Å². The van der Waals surface area contributed by atoms with Crippen molar-refractivity contribution in [2.45, 2.75) is 20.1 Å². The Hall–Kier alpha value is -2.70. The number of nitrogens with zero attached hydrogens (tertiary/aromatic N) is 2. The first-order valence-electron chi connectivity index (χ1n) is 8.61. The van der Waals surface area contributed by atoms with Gasteiger partial charge in [0, 0.05) is 11.2 Å². The third kappa shape index (κ3) is 14.1. The van der Waals surface area contributed by atoms with Crippen LogP contribution in [0.2, 0.25) is 0 Å². The fourth-order valence-electron chi connectivity index (χ4n) is 2.26. The van der Waals surface area contributed by atoms with Gasteiger partial charge in [-0.05, 0) is 25.1 Å². The summed E-state index contributed by atoms with van der Waals surface area (Å²) in [6.07, 6.45) is 3.59. The largest absolute Gasteiger partial charge is 0.478 e. The zero-order valence-corrected chi connectivity index (χ0v) is 18.3. The second kappa shape index (κ2) is 13.1. The van der Waals surface area contributed by atoms with Crippen molar-refractivity contribution in [3.63, 3.8) is 0 Å². The van der Waals surface area contributed by atoms with E-state index in [1.54, 1.807) is 17.8 Å². The molecule has 15 nitrogen and oxygen atoms in total. The number of ether oxygens (including phenoxy) is 2. The highest BCUT2D eigenvalue weighted by Crippen LogP contribution is 2.21. The van der Waals surface area contributed by atoms with Crippen LogP contribution in [0.3, 0.4) is 0 Å². The van der Waals surface area contributed by atoms with Crippen LogP contribution in [-0.2, 0) is 22.7 Å². The fourth-order valence-corrected chi connectivity index (χ4v) is 2.26. The number of para-hydroxylation sites is 1. The molecule has 0 bridgehead atoms. The smallest absolute Gasteiger partial charge is 0.350 e. The average molecular weight is 513 g/mol. The summed E-state index contributed by atoms with van der Waals surface area (Å²) in [5.41, 5.74) is 1.63. The number of hydrogen-bond donors (Lipinski definition) is 1. The van der Waals surface area contributed by atoms with E-state index in [0.29, 0.717) is 18.9 Å². The van der Waals surface area contributed by atoms with Gasteiger partial charge in [-0.15, -0.1) is 20.5 Å². The van der Waals surface area contributed by atoms with Gasteiger partial charge in [-0.2, -0.15) is 4.68 Å². The molecule has 0 aliphatic rings. The van der Waals surface area contributed by atoms with Gasteiger partial charge in [-0.3, -0.25) is 0 Å². The highest BCUT2D eigenvalue weighted by molar-refractivity contribution is 5.81. The maximum absolute atomic E-state index is 11.4. The number of halogens is 2. The lowest BCUT2D eigenvalue weighted by molar-refractivity contribution is -2.00. The predicted octanol–water partition coefficient (Wildman–Crippen LogP) is -8.71. The topological polar surface area (TPSA) is 267 Å². The Morgan fingerprint density at radius 3 is 2.27 bits per heavy atom. The van der Waals surface area contributed by atoms with E-state index in [-0.39, 0.29) is 12.5 Å². The summed E-state index contributed by atoms with van der Waals surface area (Å²) in [7, 11) is -9.89. The molecule has 2 N–H and O–H groups in total. The van der Waals surface area contributed by atoms with Crippen molar-refractivity contribution in [2.24, 2.45) is 0 Å². The van der Waals surface area contributed by atoms with Crippen LogP contribution in [0, 0.1) is 20.5 Å². The van der Waals surface area contributed by atoms with Crippen LogP contribution in [0.1, 0.15) is 12.6 Å². The number of hydrogen-bond acceptors (Lipinski definition) is 12. The van der Waals surface area contributed by atoms with Crippen molar-refractivity contribution in [1.29, 1.82) is 0 Å². The number of benzene rings is 1. The molecule has 17 heteroatoms. The summed E-state index contributed by atoms with van der Waals surface area (Å²) in [5.74, 6) is 0.445. The summed E-state index contributed by atoms with van der Waals surface area (Å²) >= 11 is 0. The Morgan fingerprint density at radius 2 is 1.67 bits per heavy atom. The predicted molar refractivity (Wildman–Crippen MR) is 80.3 cm³/mol. The van der Waals surface area contributed by atoms with Gasteiger partial charge in [0.1, 0.15) is 0 Å². The molecule has 0 unspecified atom stereocenters. The number of carbonyl (C=O) groups is 1. The van der Waals surface area contributed by atoms with Crippen LogP contribution < -0.4 is 51.7 Å². The Balaban J connectivity index is 0.000000460. The van der Waals surface area contributed by atoms with Crippen molar-refractivity contribution in [3.8, 4) is 5.75 Å². The minimum atomic E-state index is -4.94. The SMILES string of the molecule is CCOC(=O)C[n+]1cc(COc2cccc3ccc[nH+]c23)n[nH]1.[O-][Cl+3]([O-])([O-])[O-].[O-][Cl+3]([O-])([O-])[O-]. The van der Waals surface area contributed by atoms with Crippen LogP contribution in [0.4, 0.5) is 0 Å².